The Hall–Kier alpha value is -1.19. The van der Waals surface area contributed by atoms with Crippen molar-refractivity contribution in [2.75, 3.05) is 0 Å². The molecule has 0 aromatic heterocycles. The van der Waals surface area contributed by atoms with Crippen LogP contribution in [0.5, 0.6) is 0 Å². The van der Waals surface area contributed by atoms with Crippen LogP contribution in [0.4, 0.5) is 4.39 Å². The van der Waals surface area contributed by atoms with E-state index in [0.717, 1.165) is 16.7 Å². The van der Waals surface area contributed by atoms with Crippen LogP contribution >= 0.6 is 15.9 Å². The zero-order chi connectivity index (χ0) is 15.6. The van der Waals surface area contributed by atoms with Crippen LogP contribution < -0.4 is 0 Å². The molecule has 112 valence electrons. The molecule has 0 bridgehead atoms. The molecule has 0 aliphatic carbocycles. The van der Waals surface area contributed by atoms with Gasteiger partial charge in [-0.15, -0.1) is 0 Å². The Kier molecular flexibility index (Phi) is 4.84. The van der Waals surface area contributed by atoms with Gasteiger partial charge in [0, 0.05) is 10.9 Å². The van der Waals surface area contributed by atoms with E-state index < -0.39 is 6.10 Å². The third-order valence-electron chi connectivity index (χ3n) is 3.56. The summed E-state index contributed by atoms with van der Waals surface area (Å²) in [4.78, 5) is 0. The molecule has 0 spiro atoms. The average molecular weight is 351 g/mol. The molecule has 0 amide bonds. The van der Waals surface area contributed by atoms with Crippen molar-refractivity contribution in [2.45, 2.75) is 38.7 Å². The summed E-state index contributed by atoms with van der Waals surface area (Å²) in [5.74, 6) is -0.282. The minimum atomic E-state index is -0.609. The summed E-state index contributed by atoms with van der Waals surface area (Å²) in [7, 11) is 0. The molecular weight excluding hydrogens is 331 g/mol. The lowest BCUT2D eigenvalue weighted by Gasteiger charge is -2.25. The van der Waals surface area contributed by atoms with E-state index in [1.807, 2.05) is 18.2 Å². The molecule has 2 aromatic carbocycles. The molecule has 3 heteroatoms. The number of benzene rings is 2. The summed E-state index contributed by atoms with van der Waals surface area (Å²) < 4.78 is 13.8. The molecule has 0 aliphatic rings. The highest BCUT2D eigenvalue weighted by molar-refractivity contribution is 9.10. The summed E-state index contributed by atoms with van der Waals surface area (Å²) >= 11 is 3.36. The lowest BCUT2D eigenvalue weighted by atomic mass is 9.81. The van der Waals surface area contributed by atoms with Gasteiger partial charge in [-0.25, -0.2) is 4.39 Å². The van der Waals surface area contributed by atoms with Crippen molar-refractivity contribution in [3.63, 3.8) is 0 Å². The van der Waals surface area contributed by atoms with Gasteiger partial charge in [0.2, 0.25) is 0 Å². The smallest absolute Gasteiger partial charge is 0.124 e. The quantitative estimate of drug-likeness (QED) is 0.810. The molecule has 0 fully saturated rings. The maximum absolute atomic E-state index is 13.1. The summed E-state index contributed by atoms with van der Waals surface area (Å²) in [5.41, 5.74) is 2.93. The van der Waals surface area contributed by atoms with E-state index in [1.54, 1.807) is 6.07 Å². The van der Waals surface area contributed by atoms with E-state index >= 15 is 0 Å². The molecule has 0 heterocycles. The minimum Gasteiger partial charge on any atom is -0.388 e. The molecule has 1 N–H and O–H groups in total. The average Bonchev–Trinajstić information content (AvgIpc) is 2.41. The third kappa shape index (κ3) is 3.92. The normalized spacial score (nSPS) is 13.2. The second-order valence-corrected chi connectivity index (χ2v) is 7.15. The Morgan fingerprint density at radius 1 is 1.14 bits per heavy atom. The molecule has 0 aliphatic heterocycles. The molecule has 2 aromatic rings. The summed E-state index contributed by atoms with van der Waals surface area (Å²) in [6.45, 7) is 6.39. The van der Waals surface area contributed by atoms with Crippen LogP contribution in [-0.2, 0) is 11.8 Å². The fourth-order valence-corrected chi connectivity index (χ4v) is 2.99. The topological polar surface area (TPSA) is 20.2 Å². The van der Waals surface area contributed by atoms with Crippen LogP contribution in [0.15, 0.2) is 46.9 Å². The SMILES string of the molecule is CC(C)(C)c1ccccc1C(O)Cc1ccc(F)cc1Br. The Morgan fingerprint density at radius 3 is 2.43 bits per heavy atom. The number of hydrogen-bond acceptors (Lipinski definition) is 1. The fourth-order valence-electron chi connectivity index (χ4n) is 2.48. The van der Waals surface area contributed by atoms with Crippen molar-refractivity contribution in [3.8, 4) is 0 Å². The summed E-state index contributed by atoms with van der Waals surface area (Å²) in [5, 5.41) is 10.6. The van der Waals surface area contributed by atoms with E-state index in [0.29, 0.717) is 10.9 Å². The third-order valence-corrected chi connectivity index (χ3v) is 4.29. The highest BCUT2D eigenvalue weighted by Gasteiger charge is 2.21. The van der Waals surface area contributed by atoms with Gasteiger partial charge in [-0.2, -0.15) is 0 Å². The molecule has 21 heavy (non-hydrogen) atoms. The van der Waals surface area contributed by atoms with Crippen molar-refractivity contribution in [1.29, 1.82) is 0 Å². The largest absolute Gasteiger partial charge is 0.388 e. The van der Waals surface area contributed by atoms with Gasteiger partial charge in [0.25, 0.3) is 0 Å². The van der Waals surface area contributed by atoms with Crippen LogP contribution in [0.1, 0.15) is 43.6 Å². The molecule has 0 saturated heterocycles. The van der Waals surface area contributed by atoms with Gasteiger partial charge in [0.15, 0.2) is 0 Å². The van der Waals surface area contributed by atoms with Crippen LogP contribution in [-0.4, -0.2) is 5.11 Å². The first-order valence-corrected chi connectivity index (χ1v) is 7.80. The van der Waals surface area contributed by atoms with Crippen molar-refractivity contribution >= 4 is 15.9 Å². The Balaban J connectivity index is 2.31. The van der Waals surface area contributed by atoms with E-state index in [9.17, 15) is 9.50 Å². The first kappa shape index (κ1) is 16.2. The first-order chi connectivity index (χ1) is 9.79. The van der Waals surface area contributed by atoms with Gasteiger partial charge < -0.3 is 5.11 Å². The summed E-state index contributed by atoms with van der Waals surface area (Å²) in [6, 6.07) is 12.5. The highest BCUT2D eigenvalue weighted by Crippen LogP contribution is 2.32. The predicted octanol–water partition coefficient (Wildman–Crippen LogP) is 5.16. The highest BCUT2D eigenvalue weighted by atomic mass is 79.9. The van der Waals surface area contributed by atoms with Crippen molar-refractivity contribution in [1.82, 2.24) is 0 Å². The number of halogens is 2. The van der Waals surface area contributed by atoms with Gasteiger partial charge in [-0.1, -0.05) is 67.0 Å². The molecule has 1 unspecified atom stereocenters. The number of rotatable bonds is 3. The molecular formula is C18H20BrFO. The van der Waals surface area contributed by atoms with Gasteiger partial charge in [0.1, 0.15) is 5.82 Å². The van der Waals surface area contributed by atoms with Crippen LogP contribution in [0.3, 0.4) is 0 Å². The second kappa shape index (κ2) is 6.29. The molecule has 0 radical (unpaired) electrons. The van der Waals surface area contributed by atoms with Crippen LogP contribution in [0, 0.1) is 5.82 Å². The standard InChI is InChI=1S/C18H20BrFO/c1-18(2,3)15-7-5-4-6-14(15)17(21)10-12-8-9-13(20)11-16(12)19/h4-9,11,17,21H,10H2,1-3H3. The van der Waals surface area contributed by atoms with Crippen molar-refractivity contribution < 1.29 is 9.50 Å². The van der Waals surface area contributed by atoms with Crippen LogP contribution in [0.2, 0.25) is 0 Å². The Labute approximate surface area is 134 Å². The van der Waals surface area contributed by atoms with Gasteiger partial charge in [0.05, 0.1) is 6.10 Å². The lowest BCUT2D eigenvalue weighted by molar-refractivity contribution is 0.175. The lowest BCUT2D eigenvalue weighted by Crippen LogP contribution is -2.17. The van der Waals surface area contributed by atoms with E-state index in [-0.39, 0.29) is 11.2 Å². The number of aliphatic hydroxyl groups excluding tert-OH is 1. The van der Waals surface area contributed by atoms with Gasteiger partial charge in [-0.3, -0.25) is 0 Å². The first-order valence-electron chi connectivity index (χ1n) is 7.00. The van der Waals surface area contributed by atoms with E-state index in [1.165, 1.54) is 12.1 Å². The maximum atomic E-state index is 13.1. The van der Waals surface area contributed by atoms with Gasteiger partial charge >= 0.3 is 0 Å². The minimum absolute atomic E-state index is 0.0302. The Morgan fingerprint density at radius 2 is 1.81 bits per heavy atom. The molecule has 0 saturated carbocycles. The van der Waals surface area contributed by atoms with Crippen molar-refractivity contribution in [3.05, 3.63) is 69.4 Å². The fraction of sp³-hybridized carbons (Fsp3) is 0.333. The Bertz CT molecular complexity index is 631. The van der Waals surface area contributed by atoms with E-state index in [2.05, 4.69) is 42.8 Å². The number of hydrogen-bond donors (Lipinski definition) is 1. The maximum Gasteiger partial charge on any atom is 0.124 e. The molecule has 1 nitrogen and oxygen atoms in total. The second-order valence-electron chi connectivity index (χ2n) is 6.29. The predicted molar refractivity (Wildman–Crippen MR) is 87.9 cm³/mol. The molecule has 2 rings (SSSR count). The zero-order valence-corrected chi connectivity index (χ0v) is 14.1. The number of aliphatic hydroxyl groups is 1. The monoisotopic (exact) mass is 350 g/mol. The zero-order valence-electron chi connectivity index (χ0n) is 12.5. The van der Waals surface area contributed by atoms with E-state index in [4.69, 9.17) is 0 Å². The van der Waals surface area contributed by atoms with Gasteiger partial charge in [-0.05, 0) is 34.2 Å². The molecule has 1 atom stereocenters. The van der Waals surface area contributed by atoms with Crippen LogP contribution in [0.25, 0.3) is 0 Å². The summed E-state index contributed by atoms with van der Waals surface area (Å²) in [6.07, 6.45) is -0.157. The van der Waals surface area contributed by atoms with Crippen molar-refractivity contribution in [2.24, 2.45) is 0 Å².